The molecule has 0 saturated carbocycles. The lowest BCUT2D eigenvalue weighted by atomic mass is 10.1. The number of halogens is 1. The van der Waals surface area contributed by atoms with Gasteiger partial charge in [-0.1, -0.05) is 23.4 Å². The van der Waals surface area contributed by atoms with Crippen molar-refractivity contribution in [3.63, 3.8) is 0 Å². The molecule has 1 atom stereocenters. The van der Waals surface area contributed by atoms with Gasteiger partial charge in [-0.15, -0.1) is 0 Å². The molecule has 0 aliphatic rings. The van der Waals surface area contributed by atoms with E-state index in [-0.39, 0.29) is 11.9 Å². The average molecular weight is 340 g/mol. The van der Waals surface area contributed by atoms with Crippen LogP contribution < -0.4 is 11.1 Å². The summed E-state index contributed by atoms with van der Waals surface area (Å²) in [6, 6.07) is 11.3. The van der Waals surface area contributed by atoms with Crippen LogP contribution in [0.25, 0.3) is 11.4 Å². The monoisotopic (exact) mass is 340 g/mol. The fraction of sp³-hybridized carbons (Fsp3) is 0.167. The normalized spacial score (nSPS) is 12.0. The van der Waals surface area contributed by atoms with Crippen molar-refractivity contribution in [3.8, 4) is 11.4 Å². The summed E-state index contributed by atoms with van der Waals surface area (Å²) in [4.78, 5) is 15.5. The average Bonchev–Trinajstić information content (AvgIpc) is 3.08. The van der Waals surface area contributed by atoms with Crippen molar-refractivity contribution >= 4 is 11.6 Å². The number of hydrogen-bond acceptors (Lipinski definition) is 5. The second kappa shape index (κ2) is 6.72. The van der Waals surface area contributed by atoms with Crippen LogP contribution in [0, 0.1) is 12.7 Å². The van der Waals surface area contributed by atoms with Gasteiger partial charge in [0.15, 0.2) is 0 Å². The molecule has 0 saturated heterocycles. The van der Waals surface area contributed by atoms with Gasteiger partial charge in [-0.05, 0) is 43.7 Å². The molecule has 0 aliphatic carbocycles. The molecule has 0 unspecified atom stereocenters. The lowest BCUT2D eigenvalue weighted by molar-refractivity contribution is 0.100. The van der Waals surface area contributed by atoms with Gasteiger partial charge in [0.1, 0.15) is 11.9 Å². The van der Waals surface area contributed by atoms with Crippen molar-refractivity contribution in [1.29, 1.82) is 0 Å². The fourth-order valence-corrected chi connectivity index (χ4v) is 2.33. The quantitative estimate of drug-likeness (QED) is 0.742. The molecule has 1 amide bonds. The first kappa shape index (κ1) is 16.6. The van der Waals surface area contributed by atoms with Crippen LogP contribution in [0.4, 0.5) is 10.1 Å². The number of amides is 1. The molecule has 25 heavy (non-hydrogen) atoms. The third-order valence-electron chi connectivity index (χ3n) is 3.77. The smallest absolute Gasteiger partial charge is 0.249 e. The third-order valence-corrected chi connectivity index (χ3v) is 3.77. The number of nitrogens with zero attached hydrogens (tertiary/aromatic N) is 2. The highest BCUT2D eigenvalue weighted by Crippen LogP contribution is 2.23. The largest absolute Gasteiger partial charge is 0.374 e. The van der Waals surface area contributed by atoms with Gasteiger partial charge in [0, 0.05) is 16.8 Å². The molecule has 3 N–H and O–H groups in total. The molecule has 2 aromatic carbocycles. The lowest BCUT2D eigenvalue weighted by Crippen LogP contribution is -2.12. The number of aromatic nitrogens is 2. The molecule has 3 aromatic rings. The van der Waals surface area contributed by atoms with E-state index in [4.69, 9.17) is 10.3 Å². The number of rotatable bonds is 5. The maximum atomic E-state index is 13.7. The predicted octanol–water partition coefficient (Wildman–Crippen LogP) is 3.46. The summed E-state index contributed by atoms with van der Waals surface area (Å²) in [5.41, 5.74) is 7.47. The summed E-state index contributed by atoms with van der Waals surface area (Å²) in [6.07, 6.45) is 0. The lowest BCUT2D eigenvalue weighted by Gasteiger charge is -2.11. The minimum atomic E-state index is -0.502. The highest BCUT2D eigenvalue weighted by Gasteiger charge is 2.16. The second-order valence-electron chi connectivity index (χ2n) is 5.73. The van der Waals surface area contributed by atoms with E-state index in [0.717, 1.165) is 0 Å². The Morgan fingerprint density at radius 2 is 2.08 bits per heavy atom. The minimum absolute atomic E-state index is 0.306. The molecule has 0 radical (unpaired) electrons. The number of aryl methyl sites for hydroxylation is 1. The van der Waals surface area contributed by atoms with Crippen molar-refractivity contribution < 1.29 is 13.7 Å². The van der Waals surface area contributed by atoms with Crippen molar-refractivity contribution in [1.82, 2.24) is 10.1 Å². The third kappa shape index (κ3) is 3.65. The zero-order chi connectivity index (χ0) is 18.0. The van der Waals surface area contributed by atoms with Gasteiger partial charge in [-0.2, -0.15) is 4.98 Å². The molecule has 1 heterocycles. The number of carbonyl (C=O) groups is 1. The van der Waals surface area contributed by atoms with Crippen LogP contribution in [0.5, 0.6) is 0 Å². The Labute approximate surface area is 143 Å². The maximum absolute atomic E-state index is 13.7. The van der Waals surface area contributed by atoms with Crippen molar-refractivity contribution in [2.45, 2.75) is 19.9 Å². The molecular formula is C18H17FN4O2. The maximum Gasteiger partial charge on any atom is 0.249 e. The number of benzene rings is 2. The SMILES string of the molecule is Cc1ccc(-c2noc([C@H](C)Nc3cccc(C(N)=O)c3)n2)cc1F. The Kier molecular flexibility index (Phi) is 4.47. The summed E-state index contributed by atoms with van der Waals surface area (Å²) < 4.78 is 18.9. The molecule has 7 heteroatoms. The van der Waals surface area contributed by atoms with Crippen molar-refractivity contribution in [2.75, 3.05) is 5.32 Å². The van der Waals surface area contributed by atoms with Gasteiger partial charge in [0.25, 0.3) is 0 Å². The number of nitrogens with one attached hydrogen (secondary N) is 1. The molecule has 0 bridgehead atoms. The second-order valence-corrected chi connectivity index (χ2v) is 5.73. The molecule has 0 fully saturated rings. The Morgan fingerprint density at radius 3 is 2.80 bits per heavy atom. The molecule has 1 aromatic heterocycles. The summed E-state index contributed by atoms with van der Waals surface area (Å²) >= 11 is 0. The van der Waals surface area contributed by atoms with E-state index in [0.29, 0.717) is 34.1 Å². The zero-order valence-electron chi connectivity index (χ0n) is 13.8. The zero-order valence-corrected chi connectivity index (χ0v) is 13.8. The minimum Gasteiger partial charge on any atom is -0.374 e. The van der Waals surface area contributed by atoms with Gasteiger partial charge in [-0.3, -0.25) is 4.79 Å². The molecule has 0 aliphatic heterocycles. The molecule has 3 rings (SSSR count). The van der Waals surface area contributed by atoms with Crippen molar-refractivity contribution in [3.05, 3.63) is 65.3 Å². The standard InChI is InChI=1S/C18H17FN4O2/c1-10-6-7-13(9-15(10)19)17-22-18(25-23-17)11(2)21-14-5-3-4-12(8-14)16(20)24/h3-9,11,21H,1-2H3,(H2,20,24)/t11-/m0/s1. The summed E-state index contributed by atoms with van der Waals surface area (Å²) in [5, 5.41) is 7.06. The molecule has 0 spiro atoms. The van der Waals surface area contributed by atoms with Crippen molar-refractivity contribution in [2.24, 2.45) is 5.73 Å². The predicted molar refractivity (Wildman–Crippen MR) is 91.4 cm³/mol. The molecular weight excluding hydrogens is 323 g/mol. The first-order chi connectivity index (χ1) is 11.9. The van der Waals surface area contributed by atoms with Gasteiger partial charge in [0.2, 0.25) is 17.6 Å². The van der Waals surface area contributed by atoms with E-state index < -0.39 is 5.91 Å². The number of primary amides is 1. The van der Waals surface area contributed by atoms with E-state index >= 15 is 0 Å². The Balaban J connectivity index is 1.78. The Hall–Kier alpha value is -3.22. The Morgan fingerprint density at radius 1 is 1.28 bits per heavy atom. The van der Waals surface area contributed by atoms with Crippen LogP contribution in [-0.2, 0) is 0 Å². The highest BCUT2D eigenvalue weighted by atomic mass is 19.1. The number of anilines is 1. The van der Waals surface area contributed by atoms with Gasteiger partial charge in [0.05, 0.1) is 0 Å². The van der Waals surface area contributed by atoms with Gasteiger partial charge >= 0.3 is 0 Å². The number of nitrogens with two attached hydrogens (primary N) is 1. The van der Waals surface area contributed by atoms with Crippen LogP contribution in [0.3, 0.4) is 0 Å². The summed E-state index contributed by atoms with van der Waals surface area (Å²) in [7, 11) is 0. The van der Waals surface area contributed by atoms with E-state index in [9.17, 15) is 9.18 Å². The fourth-order valence-electron chi connectivity index (χ4n) is 2.33. The topological polar surface area (TPSA) is 94.0 Å². The van der Waals surface area contributed by atoms with E-state index in [2.05, 4.69) is 15.5 Å². The van der Waals surface area contributed by atoms with Crippen LogP contribution in [0.1, 0.15) is 34.8 Å². The van der Waals surface area contributed by atoms with E-state index in [1.807, 2.05) is 6.92 Å². The highest BCUT2D eigenvalue weighted by molar-refractivity contribution is 5.93. The number of hydrogen-bond donors (Lipinski definition) is 2. The summed E-state index contributed by atoms with van der Waals surface area (Å²) in [6.45, 7) is 3.52. The van der Waals surface area contributed by atoms with E-state index in [1.165, 1.54) is 6.07 Å². The van der Waals surface area contributed by atoms with Gasteiger partial charge in [-0.25, -0.2) is 4.39 Å². The van der Waals surface area contributed by atoms with Crippen LogP contribution in [0.15, 0.2) is 47.0 Å². The van der Waals surface area contributed by atoms with Crippen LogP contribution >= 0.6 is 0 Å². The van der Waals surface area contributed by atoms with Gasteiger partial charge < -0.3 is 15.6 Å². The van der Waals surface area contributed by atoms with Crippen LogP contribution in [-0.4, -0.2) is 16.0 Å². The first-order valence-electron chi connectivity index (χ1n) is 7.70. The molecule has 6 nitrogen and oxygen atoms in total. The first-order valence-corrected chi connectivity index (χ1v) is 7.70. The number of carbonyl (C=O) groups excluding carboxylic acids is 1. The summed E-state index contributed by atoms with van der Waals surface area (Å²) in [5.74, 6) is -0.162. The van der Waals surface area contributed by atoms with E-state index in [1.54, 1.807) is 43.3 Å². The Bertz CT molecular complexity index is 923. The van der Waals surface area contributed by atoms with Crippen LogP contribution in [0.2, 0.25) is 0 Å². The molecule has 128 valence electrons.